The Morgan fingerprint density at radius 2 is 1.76 bits per heavy atom. The Kier molecular flexibility index (Phi) is 5.60. The molecule has 116 valence electrons. The summed E-state index contributed by atoms with van der Waals surface area (Å²) in [5.41, 5.74) is -0.831. The topological polar surface area (TPSA) is 104 Å². The second kappa shape index (κ2) is 6.98. The number of aromatic carboxylic acids is 2. The Morgan fingerprint density at radius 1 is 1.14 bits per heavy atom. The molecule has 0 fully saturated rings. The van der Waals surface area contributed by atoms with Crippen molar-refractivity contribution in [1.29, 1.82) is 0 Å². The number of alkyl halides is 2. The van der Waals surface area contributed by atoms with E-state index in [4.69, 9.17) is 20.1 Å². The van der Waals surface area contributed by atoms with Crippen LogP contribution in [0, 0.1) is 0 Å². The van der Waals surface area contributed by atoms with E-state index in [0.29, 0.717) is 0 Å². The number of hydrogen-bond acceptors (Lipinski definition) is 4. The van der Waals surface area contributed by atoms with Crippen LogP contribution in [0.5, 0.6) is 5.75 Å². The van der Waals surface area contributed by atoms with Crippen molar-refractivity contribution in [2.75, 3.05) is 13.2 Å². The van der Waals surface area contributed by atoms with E-state index in [-0.39, 0.29) is 24.3 Å². The summed E-state index contributed by atoms with van der Waals surface area (Å²) in [7, 11) is 0. The second-order valence-electron chi connectivity index (χ2n) is 4.28. The molecular weight excluding hydrogens is 290 g/mol. The van der Waals surface area contributed by atoms with Crippen LogP contribution in [-0.4, -0.2) is 46.4 Å². The zero-order valence-corrected chi connectivity index (χ0v) is 10.9. The van der Waals surface area contributed by atoms with Crippen LogP contribution in [0.3, 0.4) is 0 Å². The van der Waals surface area contributed by atoms with Crippen LogP contribution in [0.2, 0.25) is 0 Å². The summed E-state index contributed by atoms with van der Waals surface area (Å²) in [6.07, 6.45) is -0.612. The quantitative estimate of drug-likeness (QED) is 0.633. The number of halogens is 2. The first kappa shape index (κ1) is 16.8. The van der Waals surface area contributed by atoms with Gasteiger partial charge in [0.1, 0.15) is 12.4 Å². The zero-order chi connectivity index (χ0) is 16.0. The molecular formula is C13H14F2O6. The average molecular weight is 304 g/mol. The molecule has 21 heavy (non-hydrogen) atoms. The van der Waals surface area contributed by atoms with Crippen molar-refractivity contribution in [2.45, 2.75) is 18.8 Å². The first-order chi connectivity index (χ1) is 9.76. The summed E-state index contributed by atoms with van der Waals surface area (Å²) in [6.45, 7) is -1.36. The first-order valence-electron chi connectivity index (χ1n) is 5.99. The van der Waals surface area contributed by atoms with Gasteiger partial charge in [-0.1, -0.05) is 0 Å². The van der Waals surface area contributed by atoms with Crippen LogP contribution in [-0.2, 0) is 0 Å². The van der Waals surface area contributed by atoms with Gasteiger partial charge < -0.3 is 20.1 Å². The van der Waals surface area contributed by atoms with E-state index in [1.165, 1.54) is 6.07 Å². The molecule has 6 nitrogen and oxygen atoms in total. The maximum Gasteiger partial charge on any atom is 0.336 e. The van der Waals surface area contributed by atoms with Gasteiger partial charge in [-0.2, -0.15) is 0 Å². The number of aliphatic hydroxyl groups is 1. The van der Waals surface area contributed by atoms with E-state index in [0.717, 1.165) is 12.1 Å². The molecule has 0 atom stereocenters. The standard InChI is InChI=1S/C13H14F2O6/c14-13(15,7-16)4-1-5-21-8-2-3-9(11(17)18)10(6-8)12(19)20/h2-3,6,16H,1,4-5,7H2,(H,17,18)(H,19,20). The van der Waals surface area contributed by atoms with E-state index in [1.54, 1.807) is 0 Å². The molecule has 0 aliphatic heterocycles. The molecule has 0 saturated heterocycles. The Labute approximate surface area is 118 Å². The number of rotatable bonds is 8. The fourth-order valence-electron chi connectivity index (χ4n) is 1.58. The fourth-order valence-corrected chi connectivity index (χ4v) is 1.58. The summed E-state index contributed by atoms with van der Waals surface area (Å²) in [5.74, 6) is -5.92. The van der Waals surface area contributed by atoms with E-state index in [9.17, 15) is 18.4 Å². The van der Waals surface area contributed by atoms with E-state index >= 15 is 0 Å². The maximum absolute atomic E-state index is 12.7. The highest BCUT2D eigenvalue weighted by molar-refractivity contribution is 6.01. The van der Waals surface area contributed by atoms with Crippen molar-refractivity contribution >= 4 is 11.9 Å². The van der Waals surface area contributed by atoms with Gasteiger partial charge in [0.25, 0.3) is 5.92 Å². The molecule has 3 N–H and O–H groups in total. The molecule has 0 radical (unpaired) electrons. The van der Waals surface area contributed by atoms with Gasteiger partial charge in [-0.15, -0.1) is 0 Å². The lowest BCUT2D eigenvalue weighted by Gasteiger charge is -2.13. The van der Waals surface area contributed by atoms with Crippen molar-refractivity contribution in [3.05, 3.63) is 29.3 Å². The third-order valence-corrected chi connectivity index (χ3v) is 2.64. The average Bonchev–Trinajstić information content (AvgIpc) is 2.43. The largest absolute Gasteiger partial charge is 0.494 e. The summed E-state index contributed by atoms with van der Waals surface area (Å²) in [4.78, 5) is 21.8. The summed E-state index contributed by atoms with van der Waals surface area (Å²) in [6, 6.07) is 3.35. The third kappa shape index (κ3) is 4.99. The van der Waals surface area contributed by atoms with Gasteiger partial charge in [0.05, 0.1) is 17.7 Å². The van der Waals surface area contributed by atoms with Crippen LogP contribution in [0.1, 0.15) is 33.6 Å². The molecule has 1 aromatic carbocycles. The van der Waals surface area contributed by atoms with Crippen LogP contribution >= 0.6 is 0 Å². The summed E-state index contributed by atoms with van der Waals surface area (Å²) in [5, 5.41) is 26.1. The Bertz CT molecular complexity index is 529. The van der Waals surface area contributed by atoms with Crippen LogP contribution in [0.25, 0.3) is 0 Å². The molecule has 0 aliphatic rings. The van der Waals surface area contributed by atoms with E-state index < -0.39 is 36.5 Å². The molecule has 1 rings (SSSR count). The maximum atomic E-state index is 12.7. The molecule has 1 aromatic rings. The highest BCUT2D eigenvalue weighted by atomic mass is 19.3. The number of benzene rings is 1. The zero-order valence-electron chi connectivity index (χ0n) is 10.9. The smallest absolute Gasteiger partial charge is 0.336 e. The van der Waals surface area contributed by atoms with E-state index in [1.807, 2.05) is 0 Å². The summed E-state index contributed by atoms with van der Waals surface area (Å²) < 4.78 is 30.6. The SMILES string of the molecule is O=C(O)c1ccc(OCCCC(F)(F)CO)cc1C(=O)O. The second-order valence-corrected chi connectivity index (χ2v) is 4.28. The highest BCUT2D eigenvalue weighted by Crippen LogP contribution is 2.21. The van der Waals surface area contributed by atoms with Gasteiger partial charge in [-0.25, -0.2) is 18.4 Å². The lowest BCUT2D eigenvalue weighted by Crippen LogP contribution is -2.21. The number of carboxylic acid groups (broad SMARTS) is 2. The lowest BCUT2D eigenvalue weighted by atomic mass is 10.1. The Hall–Kier alpha value is -2.22. The van der Waals surface area contributed by atoms with Gasteiger partial charge in [0.2, 0.25) is 0 Å². The number of ether oxygens (including phenoxy) is 1. The van der Waals surface area contributed by atoms with Crippen molar-refractivity contribution in [1.82, 2.24) is 0 Å². The van der Waals surface area contributed by atoms with Gasteiger partial charge in [0, 0.05) is 6.42 Å². The number of carbonyl (C=O) groups is 2. The molecule has 0 unspecified atom stereocenters. The molecule has 0 bridgehead atoms. The van der Waals surface area contributed by atoms with Crippen molar-refractivity contribution in [3.8, 4) is 5.75 Å². The van der Waals surface area contributed by atoms with Crippen LogP contribution < -0.4 is 4.74 Å². The van der Waals surface area contributed by atoms with Crippen LogP contribution in [0.15, 0.2) is 18.2 Å². The minimum atomic E-state index is -3.18. The van der Waals surface area contributed by atoms with Gasteiger partial charge in [-0.05, 0) is 24.6 Å². The van der Waals surface area contributed by atoms with Crippen LogP contribution in [0.4, 0.5) is 8.78 Å². The molecule has 0 spiro atoms. The fraction of sp³-hybridized carbons (Fsp3) is 0.385. The Morgan fingerprint density at radius 3 is 2.29 bits per heavy atom. The van der Waals surface area contributed by atoms with Gasteiger partial charge in [-0.3, -0.25) is 0 Å². The highest BCUT2D eigenvalue weighted by Gasteiger charge is 2.26. The number of hydrogen-bond donors (Lipinski definition) is 3. The van der Waals surface area contributed by atoms with E-state index in [2.05, 4.69) is 0 Å². The van der Waals surface area contributed by atoms with Gasteiger partial charge in [0.15, 0.2) is 0 Å². The number of aliphatic hydroxyl groups excluding tert-OH is 1. The monoisotopic (exact) mass is 304 g/mol. The Balaban J connectivity index is 2.67. The molecule has 8 heteroatoms. The third-order valence-electron chi connectivity index (χ3n) is 2.64. The minimum absolute atomic E-state index is 0.0450. The van der Waals surface area contributed by atoms with Crippen molar-refractivity contribution in [3.63, 3.8) is 0 Å². The predicted octanol–water partition coefficient (Wildman–Crippen LogP) is 1.87. The van der Waals surface area contributed by atoms with Gasteiger partial charge >= 0.3 is 11.9 Å². The predicted molar refractivity (Wildman–Crippen MR) is 67.1 cm³/mol. The number of carboxylic acids is 2. The summed E-state index contributed by atoms with van der Waals surface area (Å²) >= 11 is 0. The lowest BCUT2D eigenvalue weighted by molar-refractivity contribution is -0.0592. The molecule has 0 heterocycles. The first-order valence-corrected chi connectivity index (χ1v) is 5.99. The minimum Gasteiger partial charge on any atom is -0.494 e. The van der Waals surface area contributed by atoms with Crippen molar-refractivity contribution in [2.24, 2.45) is 0 Å². The van der Waals surface area contributed by atoms with Crippen molar-refractivity contribution < 1.29 is 38.4 Å². The molecule has 0 aromatic heterocycles. The molecule has 0 saturated carbocycles. The normalized spacial score (nSPS) is 11.2. The molecule has 0 aliphatic carbocycles. The molecule has 0 amide bonds.